The minimum absolute atomic E-state index is 0.292. The number of hydrogen-bond donors (Lipinski definition) is 1. The van der Waals surface area contributed by atoms with Crippen LogP contribution in [0.3, 0.4) is 0 Å². The maximum absolute atomic E-state index is 11.9. The number of anilines is 1. The number of pyridine rings is 1. The number of hydrogen-bond acceptors (Lipinski definition) is 5. The highest BCUT2D eigenvalue weighted by Gasteiger charge is 2.26. The first-order valence-electron chi connectivity index (χ1n) is 6.72. The molecule has 20 heavy (non-hydrogen) atoms. The number of ether oxygens (including phenoxy) is 1. The van der Waals surface area contributed by atoms with Crippen LogP contribution in [-0.4, -0.2) is 41.7 Å². The molecule has 0 radical (unpaired) electrons. The Morgan fingerprint density at radius 1 is 1.45 bits per heavy atom. The van der Waals surface area contributed by atoms with Gasteiger partial charge < -0.3 is 14.7 Å². The third-order valence-electron chi connectivity index (χ3n) is 3.48. The number of nitrogens with zero attached hydrogens (tertiary/aromatic N) is 2. The lowest BCUT2D eigenvalue weighted by Gasteiger charge is -2.32. The summed E-state index contributed by atoms with van der Waals surface area (Å²) in [6.45, 7) is 3.31. The quantitative estimate of drug-likeness (QED) is 0.842. The topological polar surface area (TPSA) is 79.7 Å². The van der Waals surface area contributed by atoms with E-state index in [4.69, 9.17) is 9.84 Å². The standard InChI is InChI=1S/C14H18N2O4/c1-2-20-14(19)11-9-15-6-3-12(11)16-7-4-10(5-8-16)13(17)18/h3,6,9-10H,2,4-5,7-8H2,1H3,(H,17,18). The van der Waals surface area contributed by atoms with Crippen LogP contribution in [0.25, 0.3) is 0 Å². The molecule has 0 aromatic carbocycles. The van der Waals surface area contributed by atoms with Crippen LogP contribution < -0.4 is 4.90 Å². The van der Waals surface area contributed by atoms with Gasteiger partial charge in [0, 0.05) is 25.5 Å². The molecule has 0 saturated carbocycles. The molecule has 6 nitrogen and oxygen atoms in total. The van der Waals surface area contributed by atoms with Crippen molar-refractivity contribution >= 4 is 17.6 Å². The fourth-order valence-corrected chi connectivity index (χ4v) is 2.40. The SMILES string of the molecule is CCOC(=O)c1cnccc1N1CCC(C(=O)O)CC1. The molecule has 2 rings (SSSR count). The fourth-order valence-electron chi connectivity index (χ4n) is 2.40. The average Bonchev–Trinajstić information content (AvgIpc) is 2.47. The highest BCUT2D eigenvalue weighted by atomic mass is 16.5. The molecule has 1 aromatic heterocycles. The summed E-state index contributed by atoms with van der Waals surface area (Å²) in [5, 5.41) is 9.01. The van der Waals surface area contributed by atoms with E-state index in [-0.39, 0.29) is 5.92 Å². The minimum atomic E-state index is -0.745. The summed E-state index contributed by atoms with van der Waals surface area (Å²) in [7, 11) is 0. The Balaban J connectivity index is 2.14. The zero-order valence-corrected chi connectivity index (χ0v) is 11.4. The van der Waals surface area contributed by atoms with Crippen LogP contribution in [-0.2, 0) is 9.53 Å². The van der Waals surface area contributed by atoms with Crippen molar-refractivity contribution in [3.05, 3.63) is 24.0 Å². The van der Waals surface area contributed by atoms with Crippen LogP contribution in [0.4, 0.5) is 5.69 Å². The predicted octanol–water partition coefficient (Wildman–Crippen LogP) is 1.56. The van der Waals surface area contributed by atoms with Crippen LogP contribution in [0.15, 0.2) is 18.5 Å². The zero-order chi connectivity index (χ0) is 14.5. The lowest BCUT2D eigenvalue weighted by Crippen LogP contribution is -2.37. The van der Waals surface area contributed by atoms with Gasteiger partial charge >= 0.3 is 11.9 Å². The normalized spacial score (nSPS) is 15.9. The number of esters is 1. The maximum Gasteiger partial charge on any atom is 0.341 e. The van der Waals surface area contributed by atoms with Crippen molar-refractivity contribution in [1.29, 1.82) is 0 Å². The van der Waals surface area contributed by atoms with Gasteiger partial charge in [0.1, 0.15) is 5.56 Å². The lowest BCUT2D eigenvalue weighted by atomic mass is 9.96. The van der Waals surface area contributed by atoms with Gasteiger partial charge in [-0.1, -0.05) is 0 Å². The van der Waals surface area contributed by atoms with Crippen molar-refractivity contribution in [2.24, 2.45) is 5.92 Å². The van der Waals surface area contributed by atoms with Gasteiger partial charge in [-0.25, -0.2) is 4.79 Å². The van der Waals surface area contributed by atoms with Crippen LogP contribution in [0.1, 0.15) is 30.1 Å². The number of piperidine rings is 1. The molecule has 6 heteroatoms. The Bertz CT molecular complexity index is 496. The number of carbonyl (C=O) groups excluding carboxylic acids is 1. The van der Waals surface area contributed by atoms with Gasteiger partial charge in [0.05, 0.1) is 18.2 Å². The molecule has 1 aromatic rings. The van der Waals surface area contributed by atoms with E-state index in [0.29, 0.717) is 38.1 Å². The third-order valence-corrected chi connectivity index (χ3v) is 3.48. The van der Waals surface area contributed by atoms with Crippen molar-refractivity contribution in [2.45, 2.75) is 19.8 Å². The smallest absolute Gasteiger partial charge is 0.341 e. The average molecular weight is 278 g/mol. The molecular formula is C14H18N2O4. The van der Waals surface area contributed by atoms with Crippen LogP contribution in [0.2, 0.25) is 0 Å². The molecule has 0 atom stereocenters. The molecule has 0 amide bonds. The predicted molar refractivity (Wildman–Crippen MR) is 72.8 cm³/mol. The van der Waals surface area contributed by atoms with Crippen molar-refractivity contribution < 1.29 is 19.4 Å². The molecule has 0 unspecified atom stereocenters. The van der Waals surface area contributed by atoms with E-state index >= 15 is 0 Å². The second-order valence-electron chi connectivity index (χ2n) is 4.71. The first kappa shape index (κ1) is 14.3. The molecular weight excluding hydrogens is 260 g/mol. The maximum atomic E-state index is 11.9. The van der Waals surface area contributed by atoms with Crippen molar-refractivity contribution in [1.82, 2.24) is 4.98 Å². The van der Waals surface area contributed by atoms with E-state index < -0.39 is 11.9 Å². The number of carboxylic acid groups (broad SMARTS) is 1. The fraction of sp³-hybridized carbons (Fsp3) is 0.500. The van der Waals surface area contributed by atoms with Gasteiger partial charge in [-0.15, -0.1) is 0 Å². The zero-order valence-electron chi connectivity index (χ0n) is 11.4. The summed E-state index contributed by atoms with van der Waals surface area (Å²) in [6, 6.07) is 1.77. The van der Waals surface area contributed by atoms with Gasteiger partial charge in [-0.3, -0.25) is 9.78 Å². The third kappa shape index (κ3) is 3.07. The number of aromatic nitrogens is 1. The molecule has 1 aliphatic heterocycles. The van der Waals surface area contributed by atoms with E-state index in [0.717, 1.165) is 5.69 Å². The van der Waals surface area contributed by atoms with Crippen LogP contribution in [0, 0.1) is 5.92 Å². The molecule has 1 N–H and O–H groups in total. The largest absolute Gasteiger partial charge is 0.481 e. The van der Waals surface area contributed by atoms with E-state index in [1.807, 2.05) is 4.90 Å². The first-order chi connectivity index (χ1) is 9.63. The molecule has 1 fully saturated rings. The van der Waals surface area contributed by atoms with Crippen LogP contribution >= 0.6 is 0 Å². The second-order valence-corrected chi connectivity index (χ2v) is 4.71. The monoisotopic (exact) mass is 278 g/mol. The summed E-state index contributed by atoms with van der Waals surface area (Å²) in [4.78, 5) is 28.8. The summed E-state index contributed by atoms with van der Waals surface area (Å²) in [5.74, 6) is -1.43. The van der Waals surface area contributed by atoms with E-state index in [1.54, 1.807) is 19.2 Å². The van der Waals surface area contributed by atoms with E-state index in [2.05, 4.69) is 4.98 Å². The summed E-state index contributed by atoms with van der Waals surface area (Å²) >= 11 is 0. The summed E-state index contributed by atoms with van der Waals surface area (Å²) < 4.78 is 5.02. The number of carbonyl (C=O) groups is 2. The minimum Gasteiger partial charge on any atom is -0.481 e. The van der Waals surface area contributed by atoms with Gasteiger partial charge in [0.15, 0.2) is 0 Å². The molecule has 2 heterocycles. The molecule has 0 bridgehead atoms. The summed E-state index contributed by atoms with van der Waals surface area (Å²) in [5.41, 5.74) is 1.20. The Hall–Kier alpha value is -2.11. The van der Waals surface area contributed by atoms with Crippen LogP contribution in [0.5, 0.6) is 0 Å². The molecule has 1 aliphatic rings. The van der Waals surface area contributed by atoms with Crippen molar-refractivity contribution in [2.75, 3.05) is 24.6 Å². The van der Waals surface area contributed by atoms with E-state index in [1.165, 1.54) is 6.20 Å². The highest BCUT2D eigenvalue weighted by Crippen LogP contribution is 2.26. The van der Waals surface area contributed by atoms with E-state index in [9.17, 15) is 9.59 Å². The lowest BCUT2D eigenvalue weighted by molar-refractivity contribution is -0.142. The Kier molecular flexibility index (Phi) is 4.55. The highest BCUT2D eigenvalue weighted by molar-refractivity contribution is 5.95. The molecule has 0 spiro atoms. The number of carboxylic acids is 1. The first-order valence-corrected chi connectivity index (χ1v) is 6.72. The van der Waals surface area contributed by atoms with Gasteiger partial charge in [-0.2, -0.15) is 0 Å². The van der Waals surface area contributed by atoms with Gasteiger partial charge in [0.25, 0.3) is 0 Å². The second kappa shape index (κ2) is 6.36. The Morgan fingerprint density at radius 3 is 2.75 bits per heavy atom. The van der Waals surface area contributed by atoms with Gasteiger partial charge in [0.2, 0.25) is 0 Å². The Morgan fingerprint density at radius 2 is 2.15 bits per heavy atom. The Labute approximate surface area is 117 Å². The molecule has 0 aliphatic carbocycles. The van der Waals surface area contributed by atoms with Crippen molar-refractivity contribution in [3.63, 3.8) is 0 Å². The summed E-state index contributed by atoms with van der Waals surface area (Å²) in [6.07, 6.45) is 4.29. The van der Waals surface area contributed by atoms with Crippen molar-refractivity contribution in [3.8, 4) is 0 Å². The number of rotatable bonds is 4. The molecule has 108 valence electrons. The molecule has 1 saturated heterocycles. The number of aliphatic carboxylic acids is 1. The van der Waals surface area contributed by atoms with Gasteiger partial charge in [-0.05, 0) is 25.8 Å².